The van der Waals surface area contributed by atoms with Crippen molar-refractivity contribution in [2.75, 3.05) is 0 Å². The summed E-state index contributed by atoms with van der Waals surface area (Å²) in [6.45, 7) is 2.15. The van der Waals surface area contributed by atoms with Gasteiger partial charge in [0.15, 0.2) is 0 Å². The Bertz CT molecular complexity index is 435. The van der Waals surface area contributed by atoms with Crippen molar-refractivity contribution in [3.63, 3.8) is 0 Å². The molecule has 0 saturated heterocycles. The van der Waals surface area contributed by atoms with E-state index in [1.807, 2.05) is 42.5 Å². The van der Waals surface area contributed by atoms with E-state index in [9.17, 15) is 15.0 Å². The standard InChI is InChI=1S/C21H34O4/c1-2-3-10-14-19(22)15-11-8-6-4-5-7-9-12-16-20(23)17-13-18-21(24)25/h5-8,11-12,15-16,19-20,22-23H,2-4,9-10,13-14,17-18H2,1H3,(H,24,25)/b7-5-,8-6-,15-11+,16-12+/t19-,20+/m0/s1. The number of carbonyl (C=O) groups is 1. The van der Waals surface area contributed by atoms with Gasteiger partial charge in [0.2, 0.25) is 0 Å². The predicted octanol–water partition coefficient (Wildman–Crippen LogP) is 4.55. The zero-order valence-electron chi connectivity index (χ0n) is 15.4. The monoisotopic (exact) mass is 350 g/mol. The Balaban J connectivity index is 3.70. The molecule has 0 aliphatic carbocycles. The Morgan fingerprint density at radius 2 is 1.48 bits per heavy atom. The second kappa shape index (κ2) is 17.2. The minimum atomic E-state index is -0.826. The molecule has 25 heavy (non-hydrogen) atoms. The topological polar surface area (TPSA) is 77.8 Å². The number of aliphatic carboxylic acids is 1. The highest BCUT2D eigenvalue weighted by atomic mass is 16.4. The highest BCUT2D eigenvalue weighted by Gasteiger charge is 2.01. The third kappa shape index (κ3) is 18.5. The van der Waals surface area contributed by atoms with Crippen LogP contribution in [0.5, 0.6) is 0 Å². The van der Waals surface area contributed by atoms with Gasteiger partial charge in [-0.3, -0.25) is 4.79 Å². The van der Waals surface area contributed by atoms with E-state index in [4.69, 9.17) is 5.11 Å². The van der Waals surface area contributed by atoms with Crippen molar-refractivity contribution in [2.45, 2.75) is 76.9 Å². The Hall–Kier alpha value is -1.65. The molecule has 0 spiro atoms. The van der Waals surface area contributed by atoms with Gasteiger partial charge in [-0.05, 0) is 32.1 Å². The minimum absolute atomic E-state index is 0.0986. The molecule has 2 atom stereocenters. The van der Waals surface area contributed by atoms with Gasteiger partial charge < -0.3 is 15.3 Å². The third-order valence-electron chi connectivity index (χ3n) is 3.64. The Labute approximate surface area is 152 Å². The molecule has 4 nitrogen and oxygen atoms in total. The van der Waals surface area contributed by atoms with Crippen LogP contribution in [0.3, 0.4) is 0 Å². The number of allylic oxidation sites excluding steroid dienone is 6. The fourth-order valence-corrected chi connectivity index (χ4v) is 2.19. The molecule has 0 amide bonds. The summed E-state index contributed by atoms with van der Waals surface area (Å²) in [5, 5.41) is 27.9. The lowest BCUT2D eigenvalue weighted by Crippen LogP contribution is -2.03. The maximum absolute atomic E-state index is 10.4. The fraction of sp³-hybridized carbons (Fsp3) is 0.571. The van der Waals surface area contributed by atoms with E-state index in [0.717, 1.165) is 25.7 Å². The quantitative estimate of drug-likeness (QED) is 0.230. The van der Waals surface area contributed by atoms with Crippen molar-refractivity contribution in [1.82, 2.24) is 0 Å². The summed E-state index contributed by atoms with van der Waals surface area (Å²) < 4.78 is 0. The fourth-order valence-electron chi connectivity index (χ4n) is 2.19. The average molecular weight is 350 g/mol. The summed E-state index contributed by atoms with van der Waals surface area (Å²) in [5.74, 6) is -0.826. The van der Waals surface area contributed by atoms with Crippen LogP contribution in [-0.4, -0.2) is 33.5 Å². The highest BCUT2D eigenvalue weighted by Crippen LogP contribution is 2.05. The predicted molar refractivity (Wildman–Crippen MR) is 103 cm³/mol. The zero-order valence-corrected chi connectivity index (χ0v) is 15.4. The molecule has 0 aromatic carbocycles. The smallest absolute Gasteiger partial charge is 0.303 e. The number of aliphatic hydroxyl groups excluding tert-OH is 2. The molecule has 142 valence electrons. The molecule has 0 bridgehead atoms. The Morgan fingerprint density at radius 1 is 0.840 bits per heavy atom. The van der Waals surface area contributed by atoms with Gasteiger partial charge >= 0.3 is 5.97 Å². The van der Waals surface area contributed by atoms with Crippen molar-refractivity contribution in [3.8, 4) is 0 Å². The SMILES string of the molecule is CCCCC[C@H](O)/C=C/C=C\C/C=C\C/C=C/[C@@H](O)CCCC(=O)O. The van der Waals surface area contributed by atoms with Crippen LogP contribution in [-0.2, 0) is 4.79 Å². The van der Waals surface area contributed by atoms with Crippen molar-refractivity contribution in [3.05, 3.63) is 48.6 Å². The first kappa shape index (κ1) is 23.4. The second-order valence-corrected chi connectivity index (χ2v) is 6.10. The van der Waals surface area contributed by atoms with Crippen LogP contribution >= 0.6 is 0 Å². The first-order valence-corrected chi connectivity index (χ1v) is 9.29. The molecule has 0 fully saturated rings. The second-order valence-electron chi connectivity index (χ2n) is 6.10. The summed E-state index contributed by atoms with van der Waals surface area (Å²) in [7, 11) is 0. The molecule has 3 N–H and O–H groups in total. The van der Waals surface area contributed by atoms with E-state index >= 15 is 0 Å². The van der Waals surface area contributed by atoms with Crippen LogP contribution in [0.25, 0.3) is 0 Å². The van der Waals surface area contributed by atoms with Crippen LogP contribution in [0.4, 0.5) is 0 Å². The van der Waals surface area contributed by atoms with Gasteiger partial charge in [0, 0.05) is 6.42 Å². The number of unbranched alkanes of at least 4 members (excludes halogenated alkanes) is 2. The molecular weight excluding hydrogens is 316 g/mol. The van der Waals surface area contributed by atoms with Gasteiger partial charge in [-0.25, -0.2) is 0 Å². The van der Waals surface area contributed by atoms with Crippen molar-refractivity contribution in [1.29, 1.82) is 0 Å². The summed E-state index contributed by atoms with van der Waals surface area (Å²) >= 11 is 0. The molecule has 0 aliphatic rings. The van der Waals surface area contributed by atoms with E-state index < -0.39 is 12.1 Å². The van der Waals surface area contributed by atoms with Crippen LogP contribution in [0, 0.1) is 0 Å². The van der Waals surface area contributed by atoms with Crippen molar-refractivity contribution in [2.24, 2.45) is 0 Å². The molecule has 0 heterocycles. The van der Waals surface area contributed by atoms with Gasteiger partial charge in [0.05, 0.1) is 12.2 Å². The van der Waals surface area contributed by atoms with Crippen LogP contribution < -0.4 is 0 Å². The summed E-state index contributed by atoms with van der Waals surface area (Å²) in [6.07, 6.45) is 21.3. The molecule has 4 heteroatoms. The maximum atomic E-state index is 10.4. The lowest BCUT2D eigenvalue weighted by molar-refractivity contribution is -0.137. The minimum Gasteiger partial charge on any atom is -0.481 e. The van der Waals surface area contributed by atoms with Gasteiger partial charge in [0.25, 0.3) is 0 Å². The lowest BCUT2D eigenvalue weighted by Gasteiger charge is -2.02. The molecule has 0 aliphatic heterocycles. The first-order valence-electron chi connectivity index (χ1n) is 9.29. The number of hydrogen-bond acceptors (Lipinski definition) is 3. The summed E-state index contributed by atoms with van der Waals surface area (Å²) in [5.41, 5.74) is 0. The van der Waals surface area contributed by atoms with Crippen LogP contribution in [0.1, 0.15) is 64.7 Å². The lowest BCUT2D eigenvalue weighted by atomic mass is 10.1. The first-order chi connectivity index (χ1) is 12.1. The zero-order chi connectivity index (χ0) is 18.8. The average Bonchev–Trinajstić information content (AvgIpc) is 2.56. The van der Waals surface area contributed by atoms with Gasteiger partial charge in [-0.2, -0.15) is 0 Å². The van der Waals surface area contributed by atoms with Crippen molar-refractivity contribution < 1.29 is 20.1 Å². The van der Waals surface area contributed by atoms with Crippen molar-refractivity contribution >= 4 is 5.97 Å². The van der Waals surface area contributed by atoms with E-state index in [0.29, 0.717) is 12.8 Å². The third-order valence-corrected chi connectivity index (χ3v) is 3.64. The molecule has 0 aromatic rings. The molecule has 0 saturated carbocycles. The largest absolute Gasteiger partial charge is 0.481 e. The van der Waals surface area contributed by atoms with Crippen LogP contribution in [0.2, 0.25) is 0 Å². The van der Waals surface area contributed by atoms with E-state index in [-0.39, 0.29) is 12.5 Å². The van der Waals surface area contributed by atoms with Crippen LogP contribution in [0.15, 0.2) is 48.6 Å². The highest BCUT2D eigenvalue weighted by molar-refractivity contribution is 5.66. The molecule has 0 aromatic heterocycles. The summed E-state index contributed by atoms with van der Waals surface area (Å²) in [6, 6.07) is 0. The molecule has 0 unspecified atom stereocenters. The normalized spacial score (nSPS) is 15.0. The number of aliphatic hydroxyl groups is 2. The van der Waals surface area contributed by atoms with E-state index in [2.05, 4.69) is 6.92 Å². The molecule has 0 radical (unpaired) electrons. The Morgan fingerprint density at radius 3 is 2.16 bits per heavy atom. The van der Waals surface area contributed by atoms with E-state index in [1.54, 1.807) is 6.08 Å². The van der Waals surface area contributed by atoms with Gasteiger partial charge in [-0.15, -0.1) is 0 Å². The molecular formula is C21H34O4. The number of carboxylic acid groups (broad SMARTS) is 1. The van der Waals surface area contributed by atoms with Gasteiger partial charge in [-0.1, -0.05) is 74.8 Å². The Kier molecular flexibility index (Phi) is 16.0. The number of hydrogen-bond donors (Lipinski definition) is 3. The number of carboxylic acids is 1. The van der Waals surface area contributed by atoms with Gasteiger partial charge in [0.1, 0.15) is 0 Å². The summed E-state index contributed by atoms with van der Waals surface area (Å²) in [4.78, 5) is 10.4. The number of rotatable bonds is 15. The molecule has 0 rings (SSSR count). The van der Waals surface area contributed by atoms with E-state index in [1.165, 1.54) is 12.8 Å². The maximum Gasteiger partial charge on any atom is 0.303 e.